The average molecular weight is 302 g/mol. The van der Waals surface area contributed by atoms with Crippen molar-refractivity contribution in [2.24, 2.45) is 0 Å². The average Bonchev–Trinajstić information content (AvgIpc) is 2.72. The van der Waals surface area contributed by atoms with E-state index < -0.39 is 42.5 Å². The Bertz CT molecular complexity index is 452. The van der Waals surface area contributed by atoms with Gasteiger partial charge in [-0.15, -0.1) is 0 Å². The van der Waals surface area contributed by atoms with Crippen molar-refractivity contribution in [3.63, 3.8) is 0 Å². The summed E-state index contributed by atoms with van der Waals surface area (Å²) in [6.07, 6.45) is -9.52. The van der Waals surface area contributed by atoms with E-state index in [9.17, 15) is 32.8 Å². The molecule has 8 nitrogen and oxygen atoms in total. The van der Waals surface area contributed by atoms with Crippen LogP contribution in [0.5, 0.6) is 0 Å². The van der Waals surface area contributed by atoms with Crippen LogP contribution in [0, 0.1) is 10.1 Å². The van der Waals surface area contributed by atoms with Crippen LogP contribution in [0.15, 0.2) is 6.33 Å². The number of aliphatic hydroxyl groups excluding tert-OH is 1. The number of hydrogen-bond acceptors (Lipinski definition) is 6. The van der Waals surface area contributed by atoms with E-state index in [1.807, 2.05) is 0 Å². The summed E-state index contributed by atoms with van der Waals surface area (Å²) in [7, 11) is 0. The predicted octanol–water partition coefficient (Wildman–Crippen LogP) is 0.812. The maximum Gasteiger partial charge on any atom is 0.490 e. The van der Waals surface area contributed by atoms with Crippen molar-refractivity contribution in [1.82, 2.24) is 14.8 Å². The molecule has 1 heterocycles. The lowest BCUT2D eigenvalue weighted by Crippen LogP contribution is -2.26. The van der Waals surface area contributed by atoms with Gasteiger partial charge in [0, 0.05) is 5.10 Å². The number of ether oxygens (including phenoxy) is 1. The van der Waals surface area contributed by atoms with Gasteiger partial charge in [-0.05, 0) is 4.92 Å². The van der Waals surface area contributed by atoms with E-state index in [1.165, 1.54) is 0 Å². The molecule has 0 aliphatic carbocycles. The first-order valence-electron chi connectivity index (χ1n) is 5.21. The Kier molecular flexibility index (Phi) is 5.33. The van der Waals surface area contributed by atoms with Gasteiger partial charge in [-0.3, -0.25) is 0 Å². The highest BCUT2D eigenvalue weighted by atomic mass is 19.4. The minimum atomic E-state index is -4.71. The summed E-state index contributed by atoms with van der Waals surface area (Å²) in [5.41, 5.74) is 0. The smallest absolute Gasteiger partial charge is 0.390 e. The second-order valence-electron chi connectivity index (χ2n) is 3.74. The van der Waals surface area contributed by atoms with Gasteiger partial charge < -0.3 is 20.0 Å². The van der Waals surface area contributed by atoms with E-state index in [-0.39, 0.29) is 6.54 Å². The molecule has 2 unspecified atom stereocenters. The van der Waals surface area contributed by atoms with Gasteiger partial charge in [0.05, 0.1) is 25.7 Å². The molecule has 1 aromatic rings. The molecule has 0 bridgehead atoms. The molecule has 0 aromatic carbocycles. The monoisotopic (exact) mass is 302 g/mol. The third-order valence-electron chi connectivity index (χ3n) is 1.95. The molecule has 1 rings (SSSR count). The van der Waals surface area contributed by atoms with Crippen molar-refractivity contribution >= 4 is 5.95 Å². The summed E-state index contributed by atoms with van der Waals surface area (Å²) in [6, 6.07) is 0. The molecule has 0 saturated carbocycles. The summed E-state index contributed by atoms with van der Waals surface area (Å²) in [6.45, 7) is -1.05. The van der Waals surface area contributed by atoms with Gasteiger partial charge in [-0.2, -0.15) is 17.9 Å². The summed E-state index contributed by atoms with van der Waals surface area (Å²) in [5, 5.41) is 23.0. The van der Waals surface area contributed by atoms with E-state index in [1.54, 1.807) is 0 Å². The molecular formula is C8H10F4N4O4. The van der Waals surface area contributed by atoms with Crippen LogP contribution in [0.25, 0.3) is 0 Å². The van der Waals surface area contributed by atoms with Crippen molar-refractivity contribution < 1.29 is 32.3 Å². The molecule has 20 heavy (non-hydrogen) atoms. The van der Waals surface area contributed by atoms with E-state index in [0.29, 0.717) is 0 Å². The van der Waals surface area contributed by atoms with Gasteiger partial charge in [0.2, 0.25) is 12.7 Å². The minimum Gasteiger partial charge on any atom is -0.390 e. The zero-order valence-corrected chi connectivity index (χ0v) is 9.83. The van der Waals surface area contributed by atoms with Gasteiger partial charge in [0.15, 0.2) is 0 Å². The fourth-order valence-electron chi connectivity index (χ4n) is 1.18. The van der Waals surface area contributed by atoms with Gasteiger partial charge >= 0.3 is 12.1 Å². The highest BCUT2D eigenvalue weighted by Crippen LogP contribution is 2.23. The summed E-state index contributed by atoms with van der Waals surface area (Å²) < 4.78 is 53.2. The Morgan fingerprint density at radius 3 is 2.70 bits per heavy atom. The van der Waals surface area contributed by atoms with Crippen molar-refractivity contribution in [3.8, 4) is 0 Å². The zero-order chi connectivity index (χ0) is 15.3. The summed E-state index contributed by atoms with van der Waals surface area (Å²) >= 11 is 0. The molecule has 0 saturated heterocycles. The topological polar surface area (TPSA) is 103 Å². The third-order valence-corrected chi connectivity index (χ3v) is 1.95. The van der Waals surface area contributed by atoms with Crippen molar-refractivity contribution in [3.05, 3.63) is 16.4 Å². The summed E-state index contributed by atoms with van der Waals surface area (Å²) in [5.74, 6) is -0.696. The fourth-order valence-corrected chi connectivity index (χ4v) is 1.18. The molecule has 0 aliphatic heterocycles. The van der Waals surface area contributed by atoms with Crippen LogP contribution in [0.2, 0.25) is 0 Å². The molecule has 1 aromatic heterocycles. The van der Waals surface area contributed by atoms with Crippen molar-refractivity contribution in [2.45, 2.75) is 31.6 Å². The van der Waals surface area contributed by atoms with E-state index >= 15 is 0 Å². The van der Waals surface area contributed by atoms with Crippen LogP contribution in [0.3, 0.4) is 0 Å². The maximum absolute atomic E-state index is 12.7. The highest BCUT2D eigenvalue weighted by molar-refractivity contribution is 4.96. The SMILES string of the molecule is O=[N+]([O-])c1ncn(CC(O)COC(F)CC(F)(F)F)n1. The number of hydrogen-bond donors (Lipinski definition) is 1. The first-order valence-corrected chi connectivity index (χ1v) is 5.21. The number of nitro groups is 1. The van der Waals surface area contributed by atoms with Crippen LogP contribution < -0.4 is 0 Å². The van der Waals surface area contributed by atoms with Crippen molar-refractivity contribution in [2.75, 3.05) is 6.61 Å². The molecule has 0 aliphatic rings. The maximum atomic E-state index is 12.7. The van der Waals surface area contributed by atoms with E-state index in [0.717, 1.165) is 11.0 Å². The van der Waals surface area contributed by atoms with Crippen molar-refractivity contribution in [1.29, 1.82) is 0 Å². The molecule has 0 radical (unpaired) electrons. The highest BCUT2D eigenvalue weighted by Gasteiger charge is 2.32. The standard InChI is InChI=1S/C8H10F4N4O4/c9-6(1-8(10,11)12)20-3-5(17)2-15-4-13-7(14-15)16(18)19/h4-6,17H,1-3H2. The zero-order valence-electron chi connectivity index (χ0n) is 9.83. The molecular weight excluding hydrogens is 292 g/mol. The van der Waals surface area contributed by atoms with Crippen LogP contribution in [-0.4, -0.2) is 50.0 Å². The Morgan fingerprint density at radius 2 is 2.20 bits per heavy atom. The van der Waals surface area contributed by atoms with Crippen LogP contribution >= 0.6 is 0 Å². The lowest BCUT2D eigenvalue weighted by molar-refractivity contribution is -0.394. The lowest BCUT2D eigenvalue weighted by Gasteiger charge is -2.14. The molecule has 1 N–H and O–H groups in total. The Morgan fingerprint density at radius 1 is 1.55 bits per heavy atom. The Balaban J connectivity index is 2.36. The Labute approximate surface area is 109 Å². The van der Waals surface area contributed by atoms with Crippen LogP contribution in [0.4, 0.5) is 23.5 Å². The minimum absolute atomic E-state index is 0.334. The number of alkyl halides is 4. The third kappa shape index (κ3) is 5.88. The number of aromatic nitrogens is 3. The number of aliphatic hydroxyl groups is 1. The lowest BCUT2D eigenvalue weighted by atomic mass is 10.4. The predicted molar refractivity (Wildman–Crippen MR) is 54.2 cm³/mol. The molecule has 12 heteroatoms. The van der Waals surface area contributed by atoms with Gasteiger partial charge in [0.25, 0.3) is 0 Å². The summed E-state index contributed by atoms with van der Waals surface area (Å²) in [4.78, 5) is 12.7. The fraction of sp³-hybridized carbons (Fsp3) is 0.750. The molecule has 0 spiro atoms. The van der Waals surface area contributed by atoms with Gasteiger partial charge in [0.1, 0.15) is 0 Å². The van der Waals surface area contributed by atoms with Gasteiger partial charge in [-0.25, -0.2) is 4.39 Å². The van der Waals surface area contributed by atoms with E-state index in [2.05, 4.69) is 14.8 Å². The van der Waals surface area contributed by atoms with Gasteiger partial charge in [-0.1, -0.05) is 4.98 Å². The molecule has 2 atom stereocenters. The second kappa shape index (κ2) is 6.56. The number of rotatable bonds is 7. The first-order chi connectivity index (χ1) is 9.17. The number of halogens is 4. The largest absolute Gasteiger partial charge is 0.490 e. The number of nitrogens with zero attached hydrogens (tertiary/aromatic N) is 4. The first kappa shape index (κ1) is 16.2. The van der Waals surface area contributed by atoms with Crippen LogP contribution in [-0.2, 0) is 11.3 Å². The second-order valence-corrected chi connectivity index (χ2v) is 3.74. The Hall–Kier alpha value is -1.82. The molecule has 0 amide bonds. The van der Waals surface area contributed by atoms with Crippen LogP contribution in [0.1, 0.15) is 6.42 Å². The molecule has 0 fully saturated rings. The molecule has 114 valence electrons. The van der Waals surface area contributed by atoms with E-state index in [4.69, 9.17) is 0 Å². The normalized spacial score (nSPS) is 15.1. The quantitative estimate of drug-likeness (QED) is 0.454.